The molecule has 25 heavy (non-hydrogen) atoms. The van der Waals surface area contributed by atoms with Gasteiger partial charge in [0, 0.05) is 13.3 Å². The van der Waals surface area contributed by atoms with Gasteiger partial charge in [-0.15, -0.1) is 0 Å². The van der Waals surface area contributed by atoms with E-state index < -0.39 is 29.2 Å². The highest BCUT2D eigenvalue weighted by molar-refractivity contribution is 6.17. The maximum absolute atomic E-state index is 12.3. The standard InChI is InChI=1S/C20H32O5/c1-3-4-5-6-7-8-9-10-11-12-13-17(22)20(24)18(23)14-15-19(20)25-16(2)21/h14-15,19,24H,3-13H2,1-2H3/t19-,20+/m0/s1. The molecule has 1 aliphatic rings. The van der Waals surface area contributed by atoms with Gasteiger partial charge >= 0.3 is 5.97 Å². The van der Waals surface area contributed by atoms with Crippen LogP contribution in [0.4, 0.5) is 0 Å². The van der Waals surface area contributed by atoms with Gasteiger partial charge in [0.2, 0.25) is 5.60 Å². The van der Waals surface area contributed by atoms with Crippen LogP contribution in [0.3, 0.4) is 0 Å². The Labute approximate surface area is 150 Å². The van der Waals surface area contributed by atoms with Gasteiger partial charge in [-0.3, -0.25) is 14.4 Å². The van der Waals surface area contributed by atoms with Crippen LogP contribution in [0, 0.1) is 0 Å². The fourth-order valence-electron chi connectivity index (χ4n) is 3.14. The van der Waals surface area contributed by atoms with Crippen molar-refractivity contribution in [1.29, 1.82) is 0 Å². The Balaban J connectivity index is 2.23. The number of unbranched alkanes of at least 4 members (excludes halogenated alkanes) is 9. The average Bonchev–Trinajstić information content (AvgIpc) is 2.85. The minimum atomic E-state index is -2.23. The first-order valence-electron chi connectivity index (χ1n) is 9.58. The number of ether oxygens (including phenoxy) is 1. The number of rotatable bonds is 13. The number of hydrogen-bond acceptors (Lipinski definition) is 5. The van der Waals surface area contributed by atoms with Gasteiger partial charge < -0.3 is 9.84 Å². The largest absolute Gasteiger partial charge is 0.454 e. The Morgan fingerprint density at radius 2 is 1.56 bits per heavy atom. The Kier molecular flexibility index (Phi) is 9.65. The smallest absolute Gasteiger partial charge is 0.303 e. The molecule has 142 valence electrons. The van der Waals surface area contributed by atoms with E-state index in [9.17, 15) is 19.5 Å². The van der Waals surface area contributed by atoms with Crippen molar-refractivity contribution < 1.29 is 24.2 Å². The third kappa shape index (κ3) is 6.73. The van der Waals surface area contributed by atoms with Crippen molar-refractivity contribution in [3.05, 3.63) is 12.2 Å². The van der Waals surface area contributed by atoms with Crippen LogP contribution in [0.2, 0.25) is 0 Å². The van der Waals surface area contributed by atoms with Crippen molar-refractivity contribution in [3.8, 4) is 0 Å². The lowest BCUT2D eigenvalue weighted by Gasteiger charge is -2.26. The van der Waals surface area contributed by atoms with Crippen LogP contribution in [-0.4, -0.2) is 34.3 Å². The molecule has 0 radical (unpaired) electrons. The van der Waals surface area contributed by atoms with Crippen molar-refractivity contribution in [2.45, 2.75) is 96.2 Å². The van der Waals surface area contributed by atoms with Crippen LogP contribution in [0.25, 0.3) is 0 Å². The second-order valence-corrected chi connectivity index (χ2v) is 6.87. The van der Waals surface area contributed by atoms with Crippen molar-refractivity contribution >= 4 is 17.5 Å². The Hall–Kier alpha value is -1.49. The number of carbonyl (C=O) groups excluding carboxylic acids is 3. The van der Waals surface area contributed by atoms with Gasteiger partial charge in [-0.05, 0) is 18.6 Å². The second kappa shape index (κ2) is 11.2. The van der Waals surface area contributed by atoms with Gasteiger partial charge in [-0.2, -0.15) is 0 Å². The van der Waals surface area contributed by atoms with Crippen LogP contribution in [0.1, 0.15) is 84.5 Å². The van der Waals surface area contributed by atoms with E-state index in [-0.39, 0.29) is 6.42 Å². The SMILES string of the molecule is CCCCCCCCCCCCC(=O)[C@@]1(O)C(=O)C=C[C@@H]1OC(C)=O. The number of aliphatic hydroxyl groups is 1. The summed E-state index contributed by atoms with van der Waals surface area (Å²) in [5.74, 6) is -1.89. The first-order valence-corrected chi connectivity index (χ1v) is 9.58. The normalized spacial score (nSPS) is 22.4. The molecule has 0 aliphatic heterocycles. The van der Waals surface area contributed by atoms with Crippen molar-refractivity contribution in [3.63, 3.8) is 0 Å². The maximum Gasteiger partial charge on any atom is 0.303 e. The quantitative estimate of drug-likeness (QED) is 0.311. The van der Waals surface area contributed by atoms with E-state index in [1.54, 1.807) is 0 Å². The van der Waals surface area contributed by atoms with E-state index in [2.05, 4.69) is 6.92 Å². The predicted octanol–water partition coefficient (Wildman–Crippen LogP) is 3.67. The molecular formula is C20H32O5. The fourth-order valence-corrected chi connectivity index (χ4v) is 3.14. The average molecular weight is 352 g/mol. The zero-order chi connectivity index (χ0) is 18.7. The number of esters is 1. The lowest BCUT2D eigenvalue weighted by atomic mass is 9.89. The third-order valence-electron chi connectivity index (χ3n) is 4.69. The first kappa shape index (κ1) is 21.6. The molecule has 0 saturated carbocycles. The van der Waals surface area contributed by atoms with Crippen LogP contribution in [0.5, 0.6) is 0 Å². The van der Waals surface area contributed by atoms with Crippen molar-refractivity contribution in [2.75, 3.05) is 0 Å². The summed E-state index contributed by atoms with van der Waals surface area (Å²) in [4.78, 5) is 35.2. The molecule has 0 amide bonds. The molecule has 0 aromatic heterocycles. The third-order valence-corrected chi connectivity index (χ3v) is 4.69. The molecule has 1 N–H and O–H groups in total. The van der Waals surface area contributed by atoms with E-state index in [4.69, 9.17) is 4.74 Å². The lowest BCUT2D eigenvalue weighted by Crippen LogP contribution is -2.53. The van der Waals surface area contributed by atoms with Crippen LogP contribution < -0.4 is 0 Å². The summed E-state index contributed by atoms with van der Waals surface area (Å²) in [6, 6.07) is 0. The second-order valence-electron chi connectivity index (χ2n) is 6.87. The Morgan fingerprint density at radius 1 is 1.04 bits per heavy atom. The van der Waals surface area contributed by atoms with Gasteiger partial charge in [-0.1, -0.05) is 64.7 Å². The number of carbonyl (C=O) groups is 3. The van der Waals surface area contributed by atoms with E-state index in [1.165, 1.54) is 51.5 Å². The zero-order valence-electron chi connectivity index (χ0n) is 15.6. The summed E-state index contributed by atoms with van der Waals surface area (Å²) < 4.78 is 4.90. The molecule has 0 saturated heterocycles. The fraction of sp³-hybridized carbons (Fsp3) is 0.750. The van der Waals surface area contributed by atoms with Crippen LogP contribution >= 0.6 is 0 Å². The Morgan fingerprint density at radius 3 is 2.08 bits per heavy atom. The van der Waals surface area contributed by atoms with Crippen molar-refractivity contribution in [1.82, 2.24) is 0 Å². The van der Waals surface area contributed by atoms with Gasteiger partial charge in [0.25, 0.3) is 0 Å². The van der Waals surface area contributed by atoms with Gasteiger partial charge in [0.05, 0.1) is 0 Å². The topological polar surface area (TPSA) is 80.7 Å². The number of Topliss-reactive ketones (excluding diaryl/α,β-unsaturated/α-hetero) is 1. The van der Waals surface area contributed by atoms with Crippen molar-refractivity contribution in [2.24, 2.45) is 0 Å². The molecule has 0 aromatic rings. The van der Waals surface area contributed by atoms with E-state index in [1.807, 2.05) is 0 Å². The summed E-state index contributed by atoms with van der Waals surface area (Å²) >= 11 is 0. The lowest BCUT2D eigenvalue weighted by molar-refractivity contribution is -0.166. The summed E-state index contributed by atoms with van der Waals surface area (Å²) in [5.41, 5.74) is -2.23. The monoisotopic (exact) mass is 352 g/mol. The maximum atomic E-state index is 12.3. The zero-order valence-corrected chi connectivity index (χ0v) is 15.6. The molecule has 1 rings (SSSR count). The minimum absolute atomic E-state index is 0.123. The minimum Gasteiger partial charge on any atom is -0.454 e. The molecule has 5 heteroatoms. The van der Waals surface area contributed by atoms with Crippen LogP contribution in [-0.2, 0) is 19.1 Å². The number of ketones is 2. The summed E-state index contributed by atoms with van der Waals surface area (Å²) in [7, 11) is 0. The molecule has 0 fully saturated rings. The highest BCUT2D eigenvalue weighted by Crippen LogP contribution is 2.27. The van der Waals surface area contributed by atoms with Gasteiger partial charge in [0.15, 0.2) is 17.7 Å². The molecule has 2 atom stereocenters. The molecule has 0 unspecified atom stereocenters. The highest BCUT2D eigenvalue weighted by Gasteiger charge is 2.52. The van der Waals surface area contributed by atoms with Gasteiger partial charge in [-0.25, -0.2) is 0 Å². The van der Waals surface area contributed by atoms with Gasteiger partial charge in [0.1, 0.15) is 0 Å². The highest BCUT2D eigenvalue weighted by atomic mass is 16.6. The Bertz CT molecular complexity index is 482. The molecule has 5 nitrogen and oxygen atoms in total. The van der Waals surface area contributed by atoms with E-state index in [0.717, 1.165) is 25.3 Å². The number of hydrogen-bond donors (Lipinski definition) is 1. The molecule has 0 bridgehead atoms. The summed E-state index contributed by atoms with van der Waals surface area (Å²) in [5, 5.41) is 10.4. The summed E-state index contributed by atoms with van der Waals surface area (Å²) in [6.07, 6.45) is 12.7. The summed E-state index contributed by atoms with van der Waals surface area (Å²) in [6.45, 7) is 3.39. The molecule has 0 aromatic carbocycles. The molecule has 0 spiro atoms. The predicted molar refractivity (Wildman–Crippen MR) is 96.1 cm³/mol. The van der Waals surface area contributed by atoms with Crippen LogP contribution in [0.15, 0.2) is 12.2 Å². The molecular weight excluding hydrogens is 320 g/mol. The van der Waals surface area contributed by atoms with E-state index >= 15 is 0 Å². The van der Waals surface area contributed by atoms with E-state index in [0.29, 0.717) is 6.42 Å². The molecule has 0 heterocycles. The molecule has 1 aliphatic carbocycles. The first-order chi connectivity index (χ1) is 11.9.